The molecule has 3 aromatic rings. The third-order valence-corrected chi connectivity index (χ3v) is 6.66. The molecule has 0 saturated heterocycles. The zero-order valence-electron chi connectivity index (χ0n) is 15.7. The number of hydrogen-bond acceptors (Lipinski definition) is 6. The molecule has 1 atom stereocenters. The Labute approximate surface area is 179 Å². The lowest BCUT2D eigenvalue weighted by Crippen LogP contribution is -2.39. The van der Waals surface area contributed by atoms with Gasteiger partial charge in [-0.25, -0.2) is 9.79 Å². The summed E-state index contributed by atoms with van der Waals surface area (Å²) in [6, 6.07) is 10.5. The average Bonchev–Trinajstić information content (AvgIpc) is 3.32. The number of esters is 1. The van der Waals surface area contributed by atoms with Gasteiger partial charge in [-0.3, -0.25) is 9.36 Å². The van der Waals surface area contributed by atoms with Crippen LogP contribution in [-0.4, -0.2) is 17.1 Å². The predicted octanol–water partition coefficient (Wildman–Crippen LogP) is 3.51. The number of rotatable bonds is 4. The molecule has 0 spiro atoms. The second-order valence-corrected chi connectivity index (χ2v) is 8.79. The van der Waals surface area contributed by atoms with Crippen LogP contribution in [0.4, 0.5) is 0 Å². The quantitative estimate of drug-likeness (QED) is 0.578. The summed E-state index contributed by atoms with van der Waals surface area (Å²) < 4.78 is 7.41. The second kappa shape index (κ2) is 8.10. The molecule has 0 bridgehead atoms. The van der Waals surface area contributed by atoms with Gasteiger partial charge < -0.3 is 4.74 Å². The van der Waals surface area contributed by atoms with Gasteiger partial charge in [0, 0.05) is 9.90 Å². The normalized spacial score (nSPS) is 16.5. The Bertz CT molecular complexity index is 1270. The summed E-state index contributed by atoms with van der Waals surface area (Å²) in [5, 5.41) is 2.56. The topological polar surface area (TPSA) is 60.7 Å². The van der Waals surface area contributed by atoms with Crippen LogP contribution >= 0.6 is 34.3 Å². The van der Waals surface area contributed by atoms with Gasteiger partial charge in [-0.2, -0.15) is 0 Å². The number of halogens is 1. The third kappa shape index (κ3) is 3.73. The molecule has 0 amide bonds. The number of ether oxygens (including phenoxy) is 1. The number of hydrogen-bond donors (Lipinski definition) is 0. The largest absolute Gasteiger partial charge is 0.463 e. The van der Waals surface area contributed by atoms with Gasteiger partial charge in [-0.05, 0) is 49.1 Å². The molecule has 0 unspecified atom stereocenters. The lowest BCUT2D eigenvalue weighted by atomic mass is 10.0. The van der Waals surface area contributed by atoms with E-state index in [9.17, 15) is 9.59 Å². The maximum absolute atomic E-state index is 13.3. The predicted molar refractivity (Wildman–Crippen MR) is 116 cm³/mol. The first-order valence-electron chi connectivity index (χ1n) is 8.98. The molecule has 4 rings (SSSR count). The number of thiazole rings is 1. The number of allylic oxidation sites excluding steroid dienone is 1. The van der Waals surface area contributed by atoms with Crippen molar-refractivity contribution < 1.29 is 9.53 Å². The van der Waals surface area contributed by atoms with Crippen molar-refractivity contribution in [2.75, 3.05) is 6.61 Å². The van der Waals surface area contributed by atoms with Gasteiger partial charge in [-0.1, -0.05) is 41.1 Å². The van der Waals surface area contributed by atoms with Crippen LogP contribution in [-0.2, 0) is 9.53 Å². The fourth-order valence-corrected chi connectivity index (χ4v) is 5.21. The van der Waals surface area contributed by atoms with Crippen molar-refractivity contribution in [2.24, 2.45) is 4.99 Å². The molecular formula is C21H17ClN2O3S2. The Morgan fingerprint density at radius 2 is 2.07 bits per heavy atom. The molecule has 0 saturated carbocycles. The molecule has 1 aliphatic rings. The van der Waals surface area contributed by atoms with Crippen LogP contribution in [0, 0.1) is 0 Å². The van der Waals surface area contributed by atoms with E-state index >= 15 is 0 Å². The van der Waals surface area contributed by atoms with E-state index in [-0.39, 0.29) is 12.2 Å². The van der Waals surface area contributed by atoms with Gasteiger partial charge in [-0.15, -0.1) is 11.3 Å². The van der Waals surface area contributed by atoms with Crippen molar-refractivity contribution in [3.05, 3.63) is 88.2 Å². The Kier molecular flexibility index (Phi) is 5.54. The van der Waals surface area contributed by atoms with Crippen molar-refractivity contribution in [3.8, 4) is 0 Å². The van der Waals surface area contributed by atoms with Crippen LogP contribution in [0.1, 0.15) is 30.3 Å². The van der Waals surface area contributed by atoms with E-state index in [0.29, 0.717) is 25.6 Å². The number of carbonyl (C=O) groups is 1. The summed E-state index contributed by atoms with van der Waals surface area (Å²) in [6.07, 6.45) is 1.81. The Balaban J connectivity index is 1.93. The zero-order chi connectivity index (χ0) is 20.5. The Hall–Kier alpha value is -2.48. The van der Waals surface area contributed by atoms with Gasteiger partial charge in [0.25, 0.3) is 5.56 Å². The van der Waals surface area contributed by atoms with Gasteiger partial charge >= 0.3 is 5.97 Å². The van der Waals surface area contributed by atoms with Crippen LogP contribution in [0.25, 0.3) is 6.08 Å². The molecule has 0 fully saturated rings. The Morgan fingerprint density at radius 1 is 1.31 bits per heavy atom. The minimum atomic E-state index is -0.544. The first-order chi connectivity index (χ1) is 14.0. The maximum atomic E-state index is 13.3. The van der Waals surface area contributed by atoms with Gasteiger partial charge in [0.1, 0.15) is 6.04 Å². The molecule has 2 aromatic heterocycles. The number of nitrogens with zero attached hydrogens (tertiary/aromatic N) is 2. The van der Waals surface area contributed by atoms with Crippen LogP contribution in [0.15, 0.2) is 62.8 Å². The van der Waals surface area contributed by atoms with Crippen molar-refractivity contribution in [3.63, 3.8) is 0 Å². The third-order valence-electron chi connectivity index (χ3n) is 4.50. The minimum absolute atomic E-state index is 0.184. The standard InChI is InChI=1S/C21H17ClN2O3S2/c1-3-27-20(26)17-12(2)23-21-24(18(17)15-5-4-10-28-15)19(25)16(29-21)11-13-6-8-14(22)9-7-13/h4-11,18H,3H2,1-2H3/b16-11-/t18-/m0/s1. The molecule has 8 heteroatoms. The number of carbonyl (C=O) groups excluding carboxylic acids is 1. The first-order valence-corrected chi connectivity index (χ1v) is 11.1. The molecule has 1 aromatic carbocycles. The number of fused-ring (bicyclic) bond motifs is 1. The lowest BCUT2D eigenvalue weighted by molar-refractivity contribution is -0.139. The maximum Gasteiger partial charge on any atom is 0.338 e. The Morgan fingerprint density at radius 3 is 2.72 bits per heavy atom. The molecule has 5 nitrogen and oxygen atoms in total. The highest BCUT2D eigenvalue weighted by Gasteiger charge is 2.33. The van der Waals surface area contributed by atoms with Crippen molar-refractivity contribution >= 4 is 46.3 Å². The summed E-state index contributed by atoms with van der Waals surface area (Å²) in [5.74, 6) is -0.445. The fourth-order valence-electron chi connectivity index (χ4n) is 3.22. The van der Waals surface area contributed by atoms with Crippen LogP contribution in [0.5, 0.6) is 0 Å². The molecule has 29 heavy (non-hydrogen) atoms. The van der Waals surface area contributed by atoms with E-state index in [2.05, 4.69) is 4.99 Å². The molecule has 0 N–H and O–H groups in total. The zero-order valence-corrected chi connectivity index (χ0v) is 18.1. The SMILES string of the molecule is CCOC(=O)C1=C(C)N=c2s/c(=C\c3ccc(Cl)cc3)c(=O)n2[C@H]1c1cccs1. The molecular weight excluding hydrogens is 428 g/mol. The monoisotopic (exact) mass is 444 g/mol. The van der Waals surface area contributed by atoms with Crippen molar-refractivity contribution in [1.29, 1.82) is 0 Å². The minimum Gasteiger partial charge on any atom is -0.463 e. The number of benzene rings is 1. The van der Waals surface area contributed by atoms with Gasteiger partial charge in [0.05, 0.1) is 22.4 Å². The highest BCUT2D eigenvalue weighted by molar-refractivity contribution is 7.10. The first kappa shape index (κ1) is 19.8. The lowest BCUT2D eigenvalue weighted by Gasteiger charge is -2.23. The van der Waals surface area contributed by atoms with Crippen molar-refractivity contribution in [1.82, 2.24) is 4.57 Å². The summed E-state index contributed by atoms with van der Waals surface area (Å²) in [7, 11) is 0. The van der Waals surface area contributed by atoms with Gasteiger partial charge in [0.2, 0.25) is 0 Å². The molecule has 3 heterocycles. The van der Waals surface area contributed by atoms with E-state index in [1.54, 1.807) is 30.5 Å². The number of thiophene rings is 1. The van der Waals surface area contributed by atoms with E-state index in [1.807, 2.05) is 35.7 Å². The van der Waals surface area contributed by atoms with Gasteiger partial charge in [0.15, 0.2) is 4.80 Å². The molecule has 148 valence electrons. The summed E-state index contributed by atoms with van der Waals surface area (Å²) in [4.78, 5) is 32.0. The van der Waals surface area contributed by atoms with E-state index < -0.39 is 12.0 Å². The van der Waals surface area contributed by atoms with E-state index in [0.717, 1.165) is 10.4 Å². The highest BCUT2D eigenvalue weighted by atomic mass is 35.5. The second-order valence-electron chi connectivity index (χ2n) is 6.37. The highest BCUT2D eigenvalue weighted by Crippen LogP contribution is 2.33. The van der Waals surface area contributed by atoms with Crippen LogP contribution in [0.3, 0.4) is 0 Å². The molecule has 0 aliphatic carbocycles. The molecule has 1 aliphatic heterocycles. The van der Waals surface area contributed by atoms with Crippen LogP contribution in [0.2, 0.25) is 5.02 Å². The molecule has 0 radical (unpaired) electrons. The summed E-state index contributed by atoms with van der Waals surface area (Å²) in [5.41, 5.74) is 1.66. The van der Waals surface area contributed by atoms with E-state index in [1.165, 1.54) is 22.7 Å². The van der Waals surface area contributed by atoms with Crippen molar-refractivity contribution in [2.45, 2.75) is 19.9 Å². The van der Waals surface area contributed by atoms with Crippen LogP contribution < -0.4 is 14.9 Å². The number of aromatic nitrogens is 1. The fraction of sp³-hybridized carbons (Fsp3) is 0.190. The summed E-state index contributed by atoms with van der Waals surface area (Å²) >= 11 is 8.75. The smallest absolute Gasteiger partial charge is 0.338 e. The summed E-state index contributed by atoms with van der Waals surface area (Å²) in [6.45, 7) is 3.80. The average molecular weight is 445 g/mol. The van der Waals surface area contributed by atoms with E-state index in [4.69, 9.17) is 16.3 Å².